The Morgan fingerprint density at radius 2 is 1.80 bits per heavy atom. The van der Waals surface area contributed by atoms with Crippen LogP contribution in [0.3, 0.4) is 0 Å². The first kappa shape index (κ1) is 19.0. The Bertz CT molecular complexity index is 801. The van der Waals surface area contributed by atoms with Crippen molar-refractivity contribution in [2.75, 3.05) is 5.32 Å². The van der Waals surface area contributed by atoms with Crippen LogP contribution in [0, 0.1) is 6.92 Å². The Morgan fingerprint density at radius 3 is 2.44 bits per heavy atom. The number of carbonyl (C=O) groups is 2. The van der Waals surface area contributed by atoms with E-state index in [9.17, 15) is 9.59 Å². The fraction of sp³-hybridized carbons (Fsp3) is 0.158. The zero-order chi connectivity index (χ0) is 18.4. The first-order valence-corrected chi connectivity index (χ1v) is 8.32. The number of anilines is 1. The molecular formula is C19H17Cl2NO3. The van der Waals surface area contributed by atoms with Crippen LogP contribution in [-0.2, 0) is 14.3 Å². The summed E-state index contributed by atoms with van der Waals surface area (Å²) < 4.78 is 5.09. The van der Waals surface area contributed by atoms with Gasteiger partial charge in [-0.3, -0.25) is 4.79 Å². The van der Waals surface area contributed by atoms with E-state index in [0.29, 0.717) is 15.7 Å². The summed E-state index contributed by atoms with van der Waals surface area (Å²) in [4.78, 5) is 23.9. The standard InChI is InChI=1S/C19H17Cl2NO3/c1-12-3-9-16(11-17(12)21)22-19(24)13(2)25-18(23)10-6-14-4-7-15(20)8-5-14/h3-11,13H,1-2H3,(H,22,24)/b10-6+/t13-/m0/s1. The number of carbonyl (C=O) groups excluding carboxylic acids is 2. The van der Waals surface area contributed by atoms with Crippen LogP contribution in [-0.4, -0.2) is 18.0 Å². The molecule has 0 saturated heterocycles. The third-order valence-corrected chi connectivity index (χ3v) is 4.04. The highest BCUT2D eigenvalue weighted by molar-refractivity contribution is 6.31. The maximum Gasteiger partial charge on any atom is 0.331 e. The Labute approximate surface area is 156 Å². The number of nitrogens with one attached hydrogen (secondary N) is 1. The van der Waals surface area contributed by atoms with E-state index in [0.717, 1.165) is 11.1 Å². The fourth-order valence-electron chi connectivity index (χ4n) is 1.92. The van der Waals surface area contributed by atoms with E-state index in [1.54, 1.807) is 48.5 Å². The molecule has 1 amide bonds. The second kappa shape index (κ2) is 8.70. The third kappa shape index (κ3) is 5.93. The SMILES string of the molecule is Cc1ccc(NC(=O)[C@H](C)OC(=O)/C=C/c2ccc(Cl)cc2)cc1Cl. The van der Waals surface area contributed by atoms with Gasteiger partial charge in [0.15, 0.2) is 6.10 Å². The predicted octanol–water partition coefficient (Wildman–Crippen LogP) is 4.89. The van der Waals surface area contributed by atoms with Crippen molar-refractivity contribution in [2.45, 2.75) is 20.0 Å². The maximum atomic E-state index is 12.1. The lowest BCUT2D eigenvalue weighted by molar-refractivity contribution is -0.148. The zero-order valence-electron chi connectivity index (χ0n) is 13.8. The molecule has 0 aliphatic heterocycles. The number of esters is 1. The molecule has 130 valence electrons. The molecule has 4 nitrogen and oxygen atoms in total. The molecule has 0 radical (unpaired) electrons. The van der Waals surface area contributed by atoms with Gasteiger partial charge >= 0.3 is 5.97 Å². The molecule has 0 heterocycles. The summed E-state index contributed by atoms with van der Waals surface area (Å²) in [5.41, 5.74) is 2.25. The molecular weight excluding hydrogens is 361 g/mol. The van der Waals surface area contributed by atoms with Gasteiger partial charge in [0.2, 0.25) is 0 Å². The first-order valence-electron chi connectivity index (χ1n) is 7.56. The quantitative estimate of drug-likeness (QED) is 0.596. The minimum absolute atomic E-state index is 0.437. The lowest BCUT2D eigenvalue weighted by Crippen LogP contribution is -2.29. The third-order valence-electron chi connectivity index (χ3n) is 3.38. The van der Waals surface area contributed by atoms with Gasteiger partial charge in [0.1, 0.15) is 0 Å². The molecule has 0 saturated carbocycles. The van der Waals surface area contributed by atoms with Gasteiger partial charge in [-0.1, -0.05) is 41.4 Å². The van der Waals surface area contributed by atoms with E-state index in [2.05, 4.69) is 5.32 Å². The number of benzene rings is 2. The van der Waals surface area contributed by atoms with Crippen LogP contribution < -0.4 is 5.32 Å². The topological polar surface area (TPSA) is 55.4 Å². The monoisotopic (exact) mass is 377 g/mol. The summed E-state index contributed by atoms with van der Waals surface area (Å²) in [5, 5.41) is 3.82. The van der Waals surface area contributed by atoms with Gasteiger partial charge in [-0.05, 0) is 55.3 Å². The van der Waals surface area contributed by atoms with Crippen molar-refractivity contribution < 1.29 is 14.3 Å². The number of aryl methyl sites for hydroxylation is 1. The normalized spacial score (nSPS) is 12.0. The van der Waals surface area contributed by atoms with Crippen molar-refractivity contribution in [3.8, 4) is 0 Å². The van der Waals surface area contributed by atoms with Crippen molar-refractivity contribution >= 4 is 46.8 Å². The summed E-state index contributed by atoms with van der Waals surface area (Å²) in [6, 6.07) is 12.1. The Morgan fingerprint density at radius 1 is 1.12 bits per heavy atom. The summed E-state index contributed by atoms with van der Waals surface area (Å²) in [6.45, 7) is 3.37. The first-order chi connectivity index (χ1) is 11.8. The molecule has 0 aromatic heterocycles. The lowest BCUT2D eigenvalue weighted by atomic mass is 10.2. The number of hydrogen-bond acceptors (Lipinski definition) is 3. The van der Waals surface area contributed by atoms with Crippen LogP contribution in [0.4, 0.5) is 5.69 Å². The molecule has 0 aliphatic rings. The molecule has 0 unspecified atom stereocenters. The van der Waals surface area contributed by atoms with Crippen LogP contribution in [0.25, 0.3) is 6.08 Å². The summed E-state index contributed by atoms with van der Waals surface area (Å²) >= 11 is 11.8. The molecule has 2 aromatic rings. The maximum absolute atomic E-state index is 12.1. The molecule has 1 atom stereocenters. The average Bonchev–Trinajstić information content (AvgIpc) is 2.57. The number of hydrogen-bond donors (Lipinski definition) is 1. The predicted molar refractivity (Wildman–Crippen MR) is 101 cm³/mol. The van der Waals surface area contributed by atoms with Crippen molar-refractivity contribution in [2.24, 2.45) is 0 Å². The van der Waals surface area contributed by atoms with Gasteiger partial charge in [0.25, 0.3) is 5.91 Å². The van der Waals surface area contributed by atoms with Crippen molar-refractivity contribution in [3.63, 3.8) is 0 Å². The number of rotatable bonds is 5. The minimum Gasteiger partial charge on any atom is -0.449 e. The highest BCUT2D eigenvalue weighted by atomic mass is 35.5. The van der Waals surface area contributed by atoms with Crippen molar-refractivity contribution in [3.05, 3.63) is 69.7 Å². The van der Waals surface area contributed by atoms with Gasteiger partial charge in [0.05, 0.1) is 0 Å². The number of halogens is 2. The van der Waals surface area contributed by atoms with Gasteiger partial charge in [0, 0.05) is 21.8 Å². The molecule has 0 fully saturated rings. The largest absolute Gasteiger partial charge is 0.449 e. The lowest BCUT2D eigenvalue weighted by Gasteiger charge is -2.13. The van der Waals surface area contributed by atoms with Crippen LogP contribution in [0.1, 0.15) is 18.1 Å². The van der Waals surface area contributed by atoms with E-state index in [1.165, 1.54) is 13.0 Å². The summed E-state index contributed by atoms with van der Waals surface area (Å²) in [7, 11) is 0. The Hall–Kier alpha value is -2.30. The second-order valence-electron chi connectivity index (χ2n) is 5.42. The molecule has 0 bridgehead atoms. The second-order valence-corrected chi connectivity index (χ2v) is 6.26. The number of amides is 1. The molecule has 25 heavy (non-hydrogen) atoms. The van der Waals surface area contributed by atoms with E-state index in [-0.39, 0.29) is 0 Å². The highest BCUT2D eigenvalue weighted by Crippen LogP contribution is 2.20. The molecule has 0 aliphatic carbocycles. The van der Waals surface area contributed by atoms with E-state index >= 15 is 0 Å². The molecule has 0 spiro atoms. The van der Waals surface area contributed by atoms with Crippen molar-refractivity contribution in [1.29, 1.82) is 0 Å². The van der Waals surface area contributed by atoms with Gasteiger partial charge in [-0.15, -0.1) is 0 Å². The molecule has 2 rings (SSSR count). The smallest absolute Gasteiger partial charge is 0.331 e. The van der Waals surface area contributed by atoms with Crippen LogP contribution in [0.2, 0.25) is 10.0 Å². The van der Waals surface area contributed by atoms with Gasteiger partial charge < -0.3 is 10.1 Å². The zero-order valence-corrected chi connectivity index (χ0v) is 15.3. The molecule has 6 heteroatoms. The van der Waals surface area contributed by atoms with Crippen LogP contribution in [0.15, 0.2) is 48.5 Å². The van der Waals surface area contributed by atoms with Gasteiger partial charge in [-0.2, -0.15) is 0 Å². The van der Waals surface area contributed by atoms with Gasteiger partial charge in [-0.25, -0.2) is 4.79 Å². The Balaban J connectivity index is 1.90. The van der Waals surface area contributed by atoms with Crippen LogP contribution >= 0.6 is 23.2 Å². The fourth-order valence-corrected chi connectivity index (χ4v) is 2.23. The minimum atomic E-state index is -0.942. The molecule has 2 aromatic carbocycles. The highest BCUT2D eigenvalue weighted by Gasteiger charge is 2.16. The summed E-state index contributed by atoms with van der Waals surface area (Å²) in [6.07, 6.45) is 1.90. The van der Waals surface area contributed by atoms with E-state index in [4.69, 9.17) is 27.9 Å². The van der Waals surface area contributed by atoms with Crippen LogP contribution in [0.5, 0.6) is 0 Å². The van der Waals surface area contributed by atoms with E-state index in [1.807, 2.05) is 6.92 Å². The molecule has 1 N–H and O–H groups in total. The Kier molecular flexibility index (Phi) is 6.62. The summed E-state index contributed by atoms with van der Waals surface area (Å²) in [5.74, 6) is -1.05. The average molecular weight is 378 g/mol. The van der Waals surface area contributed by atoms with Crippen molar-refractivity contribution in [1.82, 2.24) is 0 Å². The van der Waals surface area contributed by atoms with E-state index < -0.39 is 18.0 Å². The number of ether oxygens (including phenoxy) is 1.